The molecule has 0 radical (unpaired) electrons. The lowest BCUT2D eigenvalue weighted by Gasteiger charge is -1.83. The van der Waals surface area contributed by atoms with Gasteiger partial charge in [-0.2, -0.15) is 0 Å². The van der Waals surface area contributed by atoms with E-state index >= 15 is 0 Å². The van der Waals surface area contributed by atoms with Gasteiger partial charge in [-0.15, -0.1) is 22.7 Å². The highest BCUT2D eigenvalue weighted by molar-refractivity contribution is 7.22. The highest BCUT2D eigenvalue weighted by Gasteiger charge is 2.10. The zero-order valence-corrected chi connectivity index (χ0v) is 7.04. The molecule has 0 spiro atoms. The summed E-state index contributed by atoms with van der Waals surface area (Å²) in [4.78, 5) is 11.0. The minimum atomic E-state index is -0.830. The van der Waals surface area contributed by atoms with E-state index in [1.165, 1.54) is 11.3 Å². The summed E-state index contributed by atoms with van der Waals surface area (Å²) in [6.45, 7) is 0. The van der Waals surface area contributed by atoms with Crippen LogP contribution in [0.15, 0.2) is 16.8 Å². The molecule has 0 aliphatic carbocycles. The number of carbonyl (C=O) groups is 1. The van der Waals surface area contributed by atoms with Crippen molar-refractivity contribution in [3.05, 3.63) is 21.7 Å². The third kappa shape index (κ3) is 0.948. The van der Waals surface area contributed by atoms with Crippen LogP contribution in [0.4, 0.5) is 0 Å². The van der Waals surface area contributed by atoms with Gasteiger partial charge in [-0.1, -0.05) is 0 Å². The fourth-order valence-corrected chi connectivity index (χ4v) is 2.78. The van der Waals surface area contributed by atoms with Gasteiger partial charge in [-0.05, 0) is 11.4 Å². The zero-order valence-electron chi connectivity index (χ0n) is 5.40. The van der Waals surface area contributed by atoms with Crippen LogP contribution >= 0.6 is 22.7 Å². The molecule has 56 valence electrons. The van der Waals surface area contributed by atoms with E-state index in [4.69, 9.17) is 5.11 Å². The molecular weight excluding hydrogens is 180 g/mol. The Morgan fingerprint density at radius 1 is 1.45 bits per heavy atom. The molecule has 2 aromatic heterocycles. The van der Waals surface area contributed by atoms with E-state index in [0.29, 0.717) is 4.88 Å². The minimum absolute atomic E-state index is 0.446. The molecule has 2 aromatic rings. The molecule has 1 N–H and O–H groups in total. The molecule has 0 saturated carbocycles. The summed E-state index contributed by atoms with van der Waals surface area (Å²) < 4.78 is 1.06. The summed E-state index contributed by atoms with van der Waals surface area (Å²) in [6.07, 6.45) is 0. The van der Waals surface area contributed by atoms with Gasteiger partial charge in [0.1, 0.15) is 4.88 Å². The Bertz CT molecular complexity index is 399. The third-order valence-electron chi connectivity index (χ3n) is 1.42. The molecule has 4 heteroatoms. The molecule has 0 fully saturated rings. The predicted octanol–water partition coefficient (Wildman–Crippen LogP) is 2.66. The van der Waals surface area contributed by atoms with E-state index < -0.39 is 5.97 Å². The van der Waals surface area contributed by atoms with Gasteiger partial charge in [-0.25, -0.2) is 4.79 Å². The smallest absolute Gasteiger partial charge is 0.346 e. The average Bonchev–Trinajstić information content (AvgIpc) is 2.41. The number of thiophene rings is 2. The van der Waals surface area contributed by atoms with E-state index in [1.54, 1.807) is 11.3 Å². The lowest BCUT2D eigenvalue weighted by Crippen LogP contribution is -1.90. The molecule has 2 rings (SSSR count). The van der Waals surface area contributed by atoms with Crippen molar-refractivity contribution in [1.29, 1.82) is 0 Å². The van der Waals surface area contributed by atoms with Crippen molar-refractivity contribution in [2.75, 3.05) is 0 Å². The summed E-state index contributed by atoms with van der Waals surface area (Å²) >= 11 is 2.86. The van der Waals surface area contributed by atoms with Crippen LogP contribution in [0.2, 0.25) is 0 Å². The van der Waals surface area contributed by atoms with Crippen molar-refractivity contribution in [3.8, 4) is 0 Å². The number of hydrogen-bond donors (Lipinski definition) is 1. The number of aromatic carboxylic acids is 1. The number of carboxylic acids is 1. The first-order valence-corrected chi connectivity index (χ1v) is 4.73. The normalized spacial score (nSPS) is 10.5. The van der Waals surface area contributed by atoms with Gasteiger partial charge >= 0.3 is 5.97 Å². The zero-order chi connectivity index (χ0) is 7.84. The van der Waals surface area contributed by atoms with E-state index in [0.717, 1.165) is 10.1 Å². The van der Waals surface area contributed by atoms with Crippen molar-refractivity contribution >= 4 is 38.7 Å². The van der Waals surface area contributed by atoms with Crippen molar-refractivity contribution in [2.45, 2.75) is 0 Å². The summed E-state index contributed by atoms with van der Waals surface area (Å²) in [5.74, 6) is -0.830. The van der Waals surface area contributed by atoms with Gasteiger partial charge in [-0.3, -0.25) is 0 Å². The molecule has 0 saturated heterocycles. The van der Waals surface area contributed by atoms with E-state index in [1.807, 2.05) is 16.8 Å². The summed E-state index contributed by atoms with van der Waals surface area (Å²) in [6, 6.07) is 1.85. The first-order chi connectivity index (χ1) is 5.29. The molecule has 0 aliphatic rings. The van der Waals surface area contributed by atoms with Crippen molar-refractivity contribution < 1.29 is 9.90 Å². The molecule has 2 heterocycles. The quantitative estimate of drug-likeness (QED) is 0.739. The summed E-state index contributed by atoms with van der Waals surface area (Å²) in [5.41, 5.74) is 0. The van der Waals surface area contributed by atoms with E-state index in [-0.39, 0.29) is 0 Å². The van der Waals surface area contributed by atoms with Crippen molar-refractivity contribution in [3.63, 3.8) is 0 Å². The number of carboxylic acid groups (broad SMARTS) is 1. The average molecular weight is 184 g/mol. The topological polar surface area (TPSA) is 37.3 Å². The molecule has 2 nitrogen and oxygen atoms in total. The fourth-order valence-electron chi connectivity index (χ4n) is 0.941. The molecule has 0 atom stereocenters. The van der Waals surface area contributed by atoms with Crippen LogP contribution in [0, 0.1) is 0 Å². The lowest BCUT2D eigenvalue weighted by molar-refractivity contribution is 0.0704. The molecular formula is C7H4O2S2. The minimum Gasteiger partial charge on any atom is -0.477 e. The second kappa shape index (κ2) is 2.32. The molecule has 0 aromatic carbocycles. The fraction of sp³-hybridized carbons (Fsp3) is 0. The largest absolute Gasteiger partial charge is 0.477 e. The maximum Gasteiger partial charge on any atom is 0.346 e. The van der Waals surface area contributed by atoms with Crippen LogP contribution in [-0.2, 0) is 0 Å². The lowest BCUT2D eigenvalue weighted by atomic mass is 10.3. The molecule has 11 heavy (non-hydrogen) atoms. The number of hydrogen-bond acceptors (Lipinski definition) is 3. The van der Waals surface area contributed by atoms with Crippen LogP contribution in [0.3, 0.4) is 0 Å². The Morgan fingerprint density at radius 2 is 2.27 bits per heavy atom. The molecule has 0 aliphatic heterocycles. The van der Waals surface area contributed by atoms with Gasteiger partial charge in [0.25, 0.3) is 0 Å². The second-order valence-electron chi connectivity index (χ2n) is 2.07. The van der Waals surface area contributed by atoms with Gasteiger partial charge in [0.15, 0.2) is 0 Å². The monoisotopic (exact) mass is 184 g/mol. The Hall–Kier alpha value is -0.870. The van der Waals surface area contributed by atoms with Gasteiger partial charge in [0.05, 0.1) is 0 Å². The third-order valence-corrected chi connectivity index (χ3v) is 3.41. The number of rotatable bonds is 1. The predicted molar refractivity (Wildman–Crippen MR) is 46.7 cm³/mol. The van der Waals surface area contributed by atoms with Gasteiger partial charge < -0.3 is 5.11 Å². The second-order valence-corrected chi connectivity index (χ2v) is 3.90. The Kier molecular flexibility index (Phi) is 1.44. The maximum absolute atomic E-state index is 10.6. The highest BCUT2D eigenvalue weighted by Crippen LogP contribution is 2.29. The van der Waals surface area contributed by atoms with Crippen LogP contribution in [-0.4, -0.2) is 11.1 Å². The van der Waals surface area contributed by atoms with Crippen molar-refractivity contribution in [2.24, 2.45) is 0 Å². The van der Waals surface area contributed by atoms with Gasteiger partial charge in [0.2, 0.25) is 0 Å². The summed E-state index contributed by atoms with van der Waals surface area (Å²) in [5, 5.41) is 13.4. The van der Waals surface area contributed by atoms with Crippen molar-refractivity contribution in [1.82, 2.24) is 0 Å². The Balaban J connectivity index is 2.78. The molecule has 0 unspecified atom stereocenters. The first-order valence-electron chi connectivity index (χ1n) is 2.97. The Labute approximate surface area is 70.7 Å². The van der Waals surface area contributed by atoms with Crippen LogP contribution in [0.25, 0.3) is 10.1 Å². The Morgan fingerprint density at radius 3 is 3.00 bits per heavy atom. The van der Waals surface area contributed by atoms with Crippen LogP contribution in [0.1, 0.15) is 9.67 Å². The summed E-state index contributed by atoms with van der Waals surface area (Å²) in [7, 11) is 0. The van der Waals surface area contributed by atoms with Crippen LogP contribution in [0.5, 0.6) is 0 Å². The molecule has 0 amide bonds. The SMILES string of the molecule is O=C(O)c1scc2sccc12. The number of fused-ring (bicyclic) bond motifs is 1. The van der Waals surface area contributed by atoms with Gasteiger partial charge in [0, 0.05) is 15.5 Å². The molecule has 0 bridgehead atoms. The maximum atomic E-state index is 10.6. The van der Waals surface area contributed by atoms with E-state index in [2.05, 4.69) is 0 Å². The first kappa shape index (κ1) is 6.82. The van der Waals surface area contributed by atoms with E-state index in [9.17, 15) is 4.79 Å². The highest BCUT2D eigenvalue weighted by atomic mass is 32.1. The van der Waals surface area contributed by atoms with Crippen LogP contribution < -0.4 is 0 Å². The standard InChI is InChI=1S/C7H4O2S2/c8-7(9)6-4-1-2-10-5(4)3-11-6/h1-3H,(H,8,9).